The van der Waals surface area contributed by atoms with Crippen molar-refractivity contribution in [3.8, 4) is 0 Å². The van der Waals surface area contributed by atoms with Crippen molar-refractivity contribution in [2.75, 3.05) is 19.7 Å². The van der Waals surface area contributed by atoms with Crippen molar-refractivity contribution in [2.24, 2.45) is 5.73 Å². The normalized spacial score (nSPS) is 21.6. The zero-order valence-corrected chi connectivity index (χ0v) is 12.5. The number of aryl methyl sites for hydroxylation is 1. The number of carbonyl (C=O) groups is 3. The van der Waals surface area contributed by atoms with Gasteiger partial charge in [-0.05, 0) is 25.3 Å². The number of rotatable bonds is 2. The van der Waals surface area contributed by atoms with Gasteiger partial charge in [-0.15, -0.1) is 0 Å². The molecule has 22 heavy (non-hydrogen) atoms. The fourth-order valence-corrected chi connectivity index (χ4v) is 3.15. The third-order valence-electron chi connectivity index (χ3n) is 4.32. The van der Waals surface area contributed by atoms with Gasteiger partial charge in [0.1, 0.15) is 5.69 Å². The van der Waals surface area contributed by atoms with Gasteiger partial charge in [0.25, 0.3) is 5.91 Å². The Morgan fingerprint density at radius 1 is 1.36 bits per heavy atom. The van der Waals surface area contributed by atoms with E-state index in [0.717, 1.165) is 18.5 Å². The smallest absolute Gasteiger partial charge is 0.270 e. The molecule has 2 heterocycles. The molecule has 0 spiro atoms. The molecule has 1 aromatic rings. The van der Waals surface area contributed by atoms with E-state index in [4.69, 9.17) is 10.5 Å². The van der Waals surface area contributed by atoms with Gasteiger partial charge in [0.15, 0.2) is 11.9 Å². The Bertz CT molecular complexity index is 649. The molecular weight excluding hydrogens is 286 g/mol. The lowest BCUT2D eigenvalue weighted by Crippen LogP contribution is -2.50. The lowest BCUT2D eigenvalue weighted by Gasteiger charge is -2.31. The molecule has 1 saturated heterocycles. The van der Waals surface area contributed by atoms with Gasteiger partial charge in [0.05, 0.1) is 13.2 Å². The van der Waals surface area contributed by atoms with E-state index in [9.17, 15) is 14.4 Å². The number of ketones is 1. The summed E-state index contributed by atoms with van der Waals surface area (Å²) in [6.07, 6.45) is 1.34. The first kappa shape index (κ1) is 14.8. The number of carbonyl (C=O) groups excluding carboxylic acids is 3. The van der Waals surface area contributed by atoms with E-state index >= 15 is 0 Å². The van der Waals surface area contributed by atoms with Crippen LogP contribution < -0.4 is 5.73 Å². The molecule has 2 aliphatic rings. The number of amides is 2. The summed E-state index contributed by atoms with van der Waals surface area (Å²) in [6.45, 7) is 2.61. The van der Waals surface area contributed by atoms with Gasteiger partial charge < -0.3 is 20.4 Å². The highest BCUT2D eigenvalue weighted by atomic mass is 16.5. The van der Waals surface area contributed by atoms with Crippen molar-refractivity contribution in [2.45, 2.75) is 32.3 Å². The Morgan fingerprint density at radius 3 is 2.82 bits per heavy atom. The van der Waals surface area contributed by atoms with Crippen LogP contribution in [-0.4, -0.2) is 53.3 Å². The maximum Gasteiger partial charge on any atom is 0.270 e. The third kappa shape index (κ3) is 2.41. The minimum Gasteiger partial charge on any atom is -0.367 e. The van der Waals surface area contributed by atoms with Crippen LogP contribution in [0.5, 0.6) is 0 Å². The summed E-state index contributed by atoms with van der Waals surface area (Å²) in [6, 6.07) is 0. The predicted molar refractivity (Wildman–Crippen MR) is 77.6 cm³/mol. The van der Waals surface area contributed by atoms with Crippen molar-refractivity contribution in [1.29, 1.82) is 0 Å². The van der Waals surface area contributed by atoms with Crippen LogP contribution in [-0.2, 0) is 16.0 Å². The van der Waals surface area contributed by atoms with Crippen LogP contribution in [0.25, 0.3) is 0 Å². The second-order valence-corrected chi connectivity index (χ2v) is 5.77. The Balaban J connectivity index is 1.86. The molecule has 1 aliphatic carbocycles. The molecule has 1 atom stereocenters. The summed E-state index contributed by atoms with van der Waals surface area (Å²) < 4.78 is 5.25. The SMILES string of the molecule is Cc1c(C(=O)N2CCOC(C(N)=O)C2)[nH]c2c1C(=O)CCC2. The van der Waals surface area contributed by atoms with Crippen LogP contribution in [0.15, 0.2) is 0 Å². The summed E-state index contributed by atoms with van der Waals surface area (Å²) >= 11 is 0. The van der Waals surface area contributed by atoms with Gasteiger partial charge in [-0.1, -0.05) is 0 Å². The van der Waals surface area contributed by atoms with Crippen molar-refractivity contribution in [1.82, 2.24) is 9.88 Å². The highest BCUT2D eigenvalue weighted by Crippen LogP contribution is 2.27. The first-order valence-corrected chi connectivity index (χ1v) is 7.44. The fourth-order valence-electron chi connectivity index (χ4n) is 3.15. The molecule has 0 aromatic carbocycles. The van der Waals surface area contributed by atoms with Crippen LogP contribution >= 0.6 is 0 Å². The number of ether oxygens (including phenoxy) is 1. The number of primary amides is 1. The molecule has 118 valence electrons. The van der Waals surface area contributed by atoms with Gasteiger partial charge in [-0.3, -0.25) is 14.4 Å². The number of hydrogen-bond donors (Lipinski definition) is 2. The van der Waals surface area contributed by atoms with E-state index in [0.29, 0.717) is 29.8 Å². The van der Waals surface area contributed by atoms with Crippen molar-refractivity contribution < 1.29 is 19.1 Å². The molecule has 0 radical (unpaired) electrons. The van der Waals surface area contributed by atoms with E-state index in [1.165, 1.54) is 0 Å². The molecule has 0 bridgehead atoms. The Kier molecular flexibility index (Phi) is 3.74. The molecule has 1 aliphatic heterocycles. The topological polar surface area (TPSA) is 105 Å². The van der Waals surface area contributed by atoms with Gasteiger partial charge in [-0.25, -0.2) is 0 Å². The molecule has 7 nitrogen and oxygen atoms in total. The number of hydrogen-bond acceptors (Lipinski definition) is 4. The fraction of sp³-hybridized carbons (Fsp3) is 0.533. The summed E-state index contributed by atoms with van der Waals surface area (Å²) in [5.41, 5.74) is 7.88. The molecule has 1 unspecified atom stereocenters. The Morgan fingerprint density at radius 2 is 2.14 bits per heavy atom. The monoisotopic (exact) mass is 305 g/mol. The highest BCUT2D eigenvalue weighted by Gasteiger charge is 2.32. The van der Waals surface area contributed by atoms with Crippen molar-refractivity contribution in [3.63, 3.8) is 0 Å². The average Bonchev–Trinajstić information content (AvgIpc) is 2.85. The number of morpholine rings is 1. The maximum absolute atomic E-state index is 12.7. The number of aromatic nitrogens is 1. The predicted octanol–water partition coefficient (Wildman–Crippen LogP) is 0.168. The summed E-state index contributed by atoms with van der Waals surface area (Å²) in [7, 11) is 0. The quantitative estimate of drug-likeness (QED) is 0.812. The second-order valence-electron chi connectivity index (χ2n) is 5.77. The Labute approximate surface area is 127 Å². The minimum absolute atomic E-state index is 0.0889. The summed E-state index contributed by atoms with van der Waals surface area (Å²) in [5.74, 6) is -0.699. The number of fused-ring (bicyclic) bond motifs is 1. The summed E-state index contributed by atoms with van der Waals surface area (Å²) in [4.78, 5) is 40.6. The van der Waals surface area contributed by atoms with Gasteiger partial charge in [0, 0.05) is 24.2 Å². The molecule has 7 heteroatoms. The number of nitrogens with zero attached hydrogens (tertiary/aromatic N) is 1. The standard InChI is InChI=1S/C15H19N3O4/c1-8-12-9(3-2-4-10(12)19)17-13(8)15(21)18-5-6-22-11(7-18)14(16)20/h11,17H,2-7H2,1H3,(H2,16,20). The van der Waals surface area contributed by atoms with Crippen LogP contribution in [0.3, 0.4) is 0 Å². The lowest BCUT2D eigenvalue weighted by atomic mass is 9.93. The zero-order chi connectivity index (χ0) is 15.9. The van der Waals surface area contributed by atoms with E-state index in [2.05, 4.69) is 4.98 Å². The summed E-state index contributed by atoms with van der Waals surface area (Å²) in [5, 5.41) is 0. The first-order valence-electron chi connectivity index (χ1n) is 7.44. The van der Waals surface area contributed by atoms with Gasteiger partial charge >= 0.3 is 0 Å². The second kappa shape index (κ2) is 5.57. The van der Waals surface area contributed by atoms with Gasteiger partial charge in [0.2, 0.25) is 5.91 Å². The minimum atomic E-state index is -0.774. The van der Waals surface area contributed by atoms with Crippen molar-refractivity contribution >= 4 is 17.6 Å². The van der Waals surface area contributed by atoms with Crippen LogP contribution in [0.1, 0.15) is 44.9 Å². The molecule has 3 N–H and O–H groups in total. The molecule has 0 saturated carbocycles. The molecular formula is C15H19N3O4. The van der Waals surface area contributed by atoms with E-state index in [1.807, 2.05) is 0 Å². The number of Topliss-reactive ketones (excluding diaryl/α,β-unsaturated/α-hetero) is 1. The average molecular weight is 305 g/mol. The van der Waals surface area contributed by atoms with Crippen molar-refractivity contribution in [3.05, 3.63) is 22.5 Å². The first-order chi connectivity index (χ1) is 10.5. The molecule has 1 fully saturated rings. The van der Waals surface area contributed by atoms with Crippen LogP contribution in [0.2, 0.25) is 0 Å². The van der Waals surface area contributed by atoms with E-state index in [-0.39, 0.29) is 24.8 Å². The Hall–Kier alpha value is -2.15. The molecule has 1 aromatic heterocycles. The molecule has 3 rings (SSSR count). The van der Waals surface area contributed by atoms with E-state index < -0.39 is 12.0 Å². The largest absolute Gasteiger partial charge is 0.367 e. The number of aromatic amines is 1. The number of H-pyrrole nitrogens is 1. The highest BCUT2D eigenvalue weighted by molar-refractivity contribution is 6.04. The van der Waals surface area contributed by atoms with Crippen LogP contribution in [0.4, 0.5) is 0 Å². The number of nitrogens with one attached hydrogen (secondary N) is 1. The zero-order valence-electron chi connectivity index (χ0n) is 12.5. The van der Waals surface area contributed by atoms with Gasteiger partial charge in [-0.2, -0.15) is 0 Å². The number of nitrogens with two attached hydrogens (primary N) is 1. The van der Waals surface area contributed by atoms with E-state index in [1.54, 1.807) is 11.8 Å². The van der Waals surface area contributed by atoms with Crippen LogP contribution in [0, 0.1) is 6.92 Å². The lowest BCUT2D eigenvalue weighted by molar-refractivity contribution is -0.133. The molecule has 2 amide bonds. The third-order valence-corrected chi connectivity index (χ3v) is 4.32. The maximum atomic E-state index is 12.7.